The molecule has 5 nitrogen and oxygen atoms in total. The molecule has 1 aromatic carbocycles. The Labute approximate surface area is 142 Å². The molecule has 0 bridgehead atoms. The van der Waals surface area contributed by atoms with Crippen LogP contribution < -0.4 is 5.32 Å². The second-order valence-corrected chi connectivity index (χ2v) is 6.73. The van der Waals surface area contributed by atoms with E-state index in [1.807, 2.05) is 23.7 Å². The zero-order chi connectivity index (χ0) is 17.3. The van der Waals surface area contributed by atoms with E-state index in [2.05, 4.69) is 43.3 Å². The summed E-state index contributed by atoms with van der Waals surface area (Å²) in [6.45, 7) is 9.12. The van der Waals surface area contributed by atoms with Gasteiger partial charge in [-0.25, -0.2) is 9.67 Å². The van der Waals surface area contributed by atoms with Gasteiger partial charge in [0.2, 0.25) is 5.91 Å². The molecule has 0 aliphatic carbocycles. The number of anilines is 1. The number of aromatic nitrogens is 3. The van der Waals surface area contributed by atoms with Crippen molar-refractivity contribution in [3.63, 3.8) is 0 Å². The van der Waals surface area contributed by atoms with E-state index < -0.39 is 0 Å². The predicted octanol–water partition coefficient (Wildman–Crippen LogP) is 4.29. The van der Waals surface area contributed by atoms with Crippen molar-refractivity contribution >= 4 is 33.7 Å². The molecule has 1 N–H and O–H groups in total. The van der Waals surface area contributed by atoms with Crippen LogP contribution in [0.2, 0.25) is 0 Å². The van der Waals surface area contributed by atoms with Crippen molar-refractivity contribution in [3.05, 3.63) is 29.8 Å². The van der Waals surface area contributed by atoms with E-state index in [9.17, 15) is 4.79 Å². The third kappa shape index (κ3) is 3.11. The van der Waals surface area contributed by atoms with Crippen LogP contribution in [-0.4, -0.2) is 20.7 Å². The van der Waals surface area contributed by atoms with E-state index in [0.717, 1.165) is 40.5 Å². The van der Waals surface area contributed by atoms with Crippen molar-refractivity contribution in [3.8, 4) is 0 Å². The Morgan fingerprint density at radius 3 is 2.83 bits per heavy atom. The number of pyridine rings is 1. The monoisotopic (exact) mass is 324 g/mol. The first kappa shape index (κ1) is 16.4. The normalized spacial score (nSPS) is 11.5. The van der Waals surface area contributed by atoms with Gasteiger partial charge in [-0.3, -0.25) is 4.79 Å². The second-order valence-electron chi connectivity index (χ2n) is 6.73. The summed E-state index contributed by atoms with van der Waals surface area (Å²) in [7, 11) is 0. The first-order valence-electron chi connectivity index (χ1n) is 8.56. The summed E-state index contributed by atoms with van der Waals surface area (Å²) in [6, 6.07) is 8.22. The van der Waals surface area contributed by atoms with Crippen molar-refractivity contribution in [2.24, 2.45) is 5.92 Å². The molecular weight excluding hydrogens is 300 g/mol. The van der Waals surface area contributed by atoms with Gasteiger partial charge >= 0.3 is 0 Å². The van der Waals surface area contributed by atoms with E-state index in [1.54, 1.807) is 0 Å². The lowest BCUT2D eigenvalue weighted by atomic mass is 10.1. The molecule has 5 heteroatoms. The van der Waals surface area contributed by atoms with Gasteiger partial charge in [-0.15, -0.1) is 0 Å². The average molecular weight is 324 g/mol. The van der Waals surface area contributed by atoms with Crippen LogP contribution in [-0.2, 0) is 11.3 Å². The van der Waals surface area contributed by atoms with Crippen molar-refractivity contribution in [2.45, 2.75) is 47.1 Å². The van der Waals surface area contributed by atoms with Gasteiger partial charge in [-0.1, -0.05) is 39.0 Å². The van der Waals surface area contributed by atoms with Crippen molar-refractivity contribution in [2.75, 3.05) is 5.32 Å². The number of carbonyl (C=O) groups is 1. The summed E-state index contributed by atoms with van der Waals surface area (Å²) >= 11 is 0. The van der Waals surface area contributed by atoms with Crippen LogP contribution in [0, 0.1) is 12.8 Å². The van der Waals surface area contributed by atoms with E-state index in [1.165, 1.54) is 0 Å². The van der Waals surface area contributed by atoms with Crippen LogP contribution in [0.4, 0.5) is 5.82 Å². The molecule has 126 valence electrons. The summed E-state index contributed by atoms with van der Waals surface area (Å²) in [5.41, 5.74) is 2.96. The Morgan fingerprint density at radius 1 is 1.33 bits per heavy atom. The molecule has 1 amide bonds. The van der Waals surface area contributed by atoms with Crippen molar-refractivity contribution < 1.29 is 4.79 Å². The van der Waals surface area contributed by atoms with Crippen molar-refractivity contribution in [1.82, 2.24) is 14.8 Å². The van der Waals surface area contributed by atoms with E-state index in [0.29, 0.717) is 18.2 Å². The molecule has 24 heavy (non-hydrogen) atoms. The Morgan fingerprint density at radius 2 is 2.12 bits per heavy atom. The maximum Gasteiger partial charge on any atom is 0.225 e. The van der Waals surface area contributed by atoms with Crippen LogP contribution in [0.3, 0.4) is 0 Å². The molecule has 3 aromatic rings. The van der Waals surface area contributed by atoms with E-state index >= 15 is 0 Å². The molecule has 3 rings (SSSR count). The average Bonchev–Trinajstić information content (AvgIpc) is 2.83. The first-order valence-corrected chi connectivity index (χ1v) is 8.56. The highest BCUT2D eigenvalue weighted by Gasteiger charge is 2.16. The quantitative estimate of drug-likeness (QED) is 0.761. The predicted molar refractivity (Wildman–Crippen MR) is 98.1 cm³/mol. The molecule has 2 aromatic heterocycles. The highest BCUT2D eigenvalue weighted by Crippen LogP contribution is 2.28. The molecule has 2 heterocycles. The SMILES string of the molecule is CCCC(=O)Nc1nn(CC(C)C)c2nc3c(C)cccc3cc12. The number of para-hydroxylation sites is 1. The fraction of sp³-hybridized carbons (Fsp3) is 0.421. The van der Waals surface area contributed by atoms with Crippen molar-refractivity contribution in [1.29, 1.82) is 0 Å². The number of amides is 1. The number of nitrogens with zero attached hydrogens (tertiary/aromatic N) is 3. The smallest absolute Gasteiger partial charge is 0.225 e. The highest BCUT2D eigenvalue weighted by atomic mass is 16.1. The van der Waals surface area contributed by atoms with Crippen LogP contribution in [0.5, 0.6) is 0 Å². The lowest BCUT2D eigenvalue weighted by Crippen LogP contribution is -2.12. The van der Waals surface area contributed by atoms with Gasteiger partial charge in [0.1, 0.15) is 0 Å². The molecule has 0 atom stereocenters. The number of hydrogen-bond acceptors (Lipinski definition) is 3. The molecule has 0 saturated carbocycles. The van der Waals surface area contributed by atoms with Gasteiger partial charge in [0.25, 0.3) is 0 Å². The zero-order valence-electron chi connectivity index (χ0n) is 14.8. The minimum atomic E-state index is -0.00191. The largest absolute Gasteiger partial charge is 0.309 e. The fourth-order valence-electron chi connectivity index (χ4n) is 2.92. The van der Waals surface area contributed by atoms with E-state index in [-0.39, 0.29) is 5.91 Å². The van der Waals surface area contributed by atoms with Gasteiger partial charge in [0.05, 0.1) is 10.9 Å². The highest BCUT2D eigenvalue weighted by molar-refractivity contribution is 6.03. The standard InChI is InChI=1S/C19H24N4O/c1-5-7-16(24)20-18-15-10-14-9-6-8-13(4)17(14)21-19(15)23(22-18)11-12(2)3/h6,8-10,12H,5,7,11H2,1-4H3,(H,20,22,24). The van der Waals surface area contributed by atoms with E-state index in [4.69, 9.17) is 4.98 Å². The summed E-state index contributed by atoms with van der Waals surface area (Å²) in [5.74, 6) is 1.06. The summed E-state index contributed by atoms with van der Waals surface area (Å²) in [6.07, 6.45) is 1.31. The van der Waals surface area contributed by atoms with Crippen LogP contribution in [0.25, 0.3) is 21.9 Å². The number of benzene rings is 1. The minimum absolute atomic E-state index is 0.00191. The molecule has 0 radical (unpaired) electrons. The number of carbonyl (C=O) groups excluding carboxylic acids is 1. The third-order valence-electron chi connectivity index (χ3n) is 4.02. The Balaban J connectivity index is 2.18. The molecule has 0 saturated heterocycles. The summed E-state index contributed by atoms with van der Waals surface area (Å²) in [5, 5.41) is 9.54. The van der Waals surface area contributed by atoms with Gasteiger partial charge in [0, 0.05) is 18.4 Å². The first-order chi connectivity index (χ1) is 11.5. The van der Waals surface area contributed by atoms with Crippen LogP contribution in [0.1, 0.15) is 39.2 Å². The molecule has 0 aliphatic heterocycles. The Kier molecular flexibility index (Phi) is 4.51. The lowest BCUT2D eigenvalue weighted by molar-refractivity contribution is -0.116. The Hall–Kier alpha value is -2.43. The fourth-order valence-corrected chi connectivity index (χ4v) is 2.92. The maximum absolute atomic E-state index is 12.0. The molecule has 0 fully saturated rings. The summed E-state index contributed by atoms with van der Waals surface area (Å²) < 4.78 is 1.91. The lowest BCUT2D eigenvalue weighted by Gasteiger charge is -2.06. The molecule has 0 aliphatic rings. The Bertz CT molecular complexity index is 895. The topological polar surface area (TPSA) is 59.8 Å². The minimum Gasteiger partial charge on any atom is -0.309 e. The maximum atomic E-state index is 12.0. The molecular formula is C19H24N4O. The number of hydrogen-bond donors (Lipinski definition) is 1. The number of nitrogens with one attached hydrogen (secondary N) is 1. The third-order valence-corrected chi connectivity index (χ3v) is 4.02. The van der Waals surface area contributed by atoms with Gasteiger partial charge in [-0.2, -0.15) is 5.10 Å². The van der Waals surface area contributed by atoms with Gasteiger partial charge in [-0.05, 0) is 30.9 Å². The zero-order valence-corrected chi connectivity index (χ0v) is 14.8. The number of rotatable bonds is 5. The summed E-state index contributed by atoms with van der Waals surface area (Å²) in [4.78, 5) is 16.9. The van der Waals surface area contributed by atoms with Gasteiger partial charge in [0.15, 0.2) is 11.5 Å². The molecule has 0 unspecified atom stereocenters. The number of fused-ring (bicyclic) bond motifs is 2. The van der Waals surface area contributed by atoms with Crippen LogP contribution >= 0.6 is 0 Å². The second kappa shape index (κ2) is 6.59. The van der Waals surface area contributed by atoms with Crippen LogP contribution in [0.15, 0.2) is 24.3 Å². The van der Waals surface area contributed by atoms with Gasteiger partial charge < -0.3 is 5.32 Å². The molecule has 0 spiro atoms. The number of aryl methyl sites for hydroxylation is 1.